The van der Waals surface area contributed by atoms with E-state index in [1.807, 2.05) is 0 Å². The Bertz CT molecular complexity index is 194. The molecule has 17 heavy (non-hydrogen) atoms. The predicted molar refractivity (Wildman–Crippen MR) is 69.4 cm³/mol. The molecule has 0 aliphatic carbocycles. The smallest absolute Gasteiger partial charge is 0.335 e. The maximum absolute atomic E-state index is 2.63. The zero-order valence-corrected chi connectivity index (χ0v) is 15.1. The Labute approximate surface area is 150 Å². The van der Waals surface area contributed by atoms with Gasteiger partial charge in [-0.15, -0.1) is 6.54 Å². The van der Waals surface area contributed by atoms with Gasteiger partial charge in [-0.3, -0.25) is 0 Å². The van der Waals surface area contributed by atoms with Crippen molar-refractivity contribution >= 4 is 0 Å². The first-order valence-corrected chi connectivity index (χ1v) is 7.04. The SMILES string of the molecule is CC(C)N1CCC(CCN2C[CH-]CC2)CC1.[K+]. The molecule has 2 nitrogen and oxygen atoms in total. The summed E-state index contributed by atoms with van der Waals surface area (Å²) < 4.78 is 0. The molecular weight excluding hydrogens is 235 g/mol. The summed E-state index contributed by atoms with van der Waals surface area (Å²) in [5.74, 6) is 0.996. The van der Waals surface area contributed by atoms with Crippen molar-refractivity contribution < 1.29 is 51.4 Å². The number of hydrogen-bond acceptors (Lipinski definition) is 2. The summed E-state index contributed by atoms with van der Waals surface area (Å²) >= 11 is 0. The van der Waals surface area contributed by atoms with Gasteiger partial charge in [0.1, 0.15) is 0 Å². The summed E-state index contributed by atoms with van der Waals surface area (Å²) in [5, 5.41) is 0. The minimum atomic E-state index is 0. The maximum Gasteiger partial charge on any atom is 1.00 e. The van der Waals surface area contributed by atoms with Crippen molar-refractivity contribution in [3.63, 3.8) is 0 Å². The average molecular weight is 262 g/mol. The van der Waals surface area contributed by atoms with Crippen LogP contribution in [0, 0.1) is 12.3 Å². The summed E-state index contributed by atoms with van der Waals surface area (Å²) in [4.78, 5) is 5.23. The Kier molecular flexibility index (Phi) is 8.47. The molecule has 2 rings (SSSR count). The number of nitrogens with zero attached hydrogens (tertiary/aromatic N) is 2. The van der Waals surface area contributed by atoms with Gasteiger partial charge in [0, 0.05) is 6.04 Å². The second kappa shape index (κ2) is 8.67. The van der Waals surface area contributed by atoms with E-state index in [-0.39, 0.29) is 51.4 Å². The first kappa shape index (κ1) is 16.6. The Morgan fingerprint density at radius 1 is 1.18 bits per heavy atom. The van der Waals surface area contributed by atoms with Crippen molar-refractivity contribution in [3.8, 4) is 0 Å². The maximum atomic E-state index is 2.63. The molecule has 3 heteroatoms. The van der Waals surface area contributed by atoms with Crippen LogP contribution in [-0.2, 0) is 0 Å². The second-order valence-electron chi connectivity index (χ2n) is 5.74. The fourth-order valence-corrected chi connectivity index (χ4v) is 2.97. The molecule has 0 N–H and O–H groups in total. The van der Waals surface area contributed by atoms with Crippen LogP contribution in [0.25, 0.3) is 0 Å². The first-order chi connectivity index (χ1) is 7.75. The Balaban J connectivity index is 0.00000144. The van der Waals surface area contributed by atoms with Crippen molar-refractivity contribution in [2.75, 3.05) is 32.7 Å². The van der Waals surface area contributed by atoms with Crippen molar-refractivity contribution in [2.24, 2.45) is 5.92 Å². The van der Waals surface area contributed by atoms with Crippen molar-refractivity contribution in [1.29, 1.82) is 0 Å². The Hall–Kier alpha value is 1.56. The predicted octanol–water partition coefficient (Wildman–Crippen LogP) is -0.589. The van der Waals surface area contributed by atoms with Crippen molar-refractivity contribution in [1.82, 2.24) is 9.80 Å². The Morgan fingerprint density at radius 2 is 1.88 bits per heavy atom. The van der Waals surface area contributed by atoms with Gasteiger partial charge in [0.2, 0.25) is 0 Å². The Morgan fingerprint density at radius 3 is 2.41 bits per heavy atom. The van der Waals surface area contributed by atoms with Crippen LogP contribution in [0.15, 0.2) is 0 Å². The van der Waals surface area contributed by atoms with E-state index in [2.05, 4.69) is 30.1 Å². The molecule has 94 valence electrons. The summed E-state index contributed by atoms with van der Waals surface area (Å²) in [6, 6.07) is 0.745. The molecule has 0 aromatic carbocycles. The van der Waals surface area contributed by atoms with Gasteiger partial charge in [-0.25, -0.2) is 0 Å². The monoisotopic (exact) mass is 262 g/mol. The van der Waals surface area contributed by atoms with Crippen LogP contribution < -0.4 is 51.4 Å². The number of piperidine rings is 1. The molecule has 0 aromatic heterocycles. The molecule has 2 fully saturated rings. The van der Waals surface area contributed by atoms with Gasteiger partial charge < -0.3 is 16.2 Å². The molecule has 2 heterocycles. The van der Waals surface area contributed by atoms with Gasteiger partial charge in [0.25, 0.3) is 0 Å². The van der Waals surface area contributed by atoms with Gasteiger partial charge in [-0.1, -0.05) is 0 Å². The van der Waals surface area contributed by atoms with Crippen LogP contribution in [0.1, 0.15) is 39.5 Å². The molecule has 0 bridgehead atoms. The van der Waals surface area contributed by atoms with Crippen LogP contribution in [0.4, 0.5) is 0 Å². The van der Waals surface area contributed by atoms with E-state index in [0.29, 0.717) is 0 Å². The summed E-state index contributed by atoms with van der Waals surface area (Å²) in [7, 11) is 0. The number of hydrogen-bond donors (Lipinski definition) is 0. The third kappa shape index (κ3) is 5.60. The van der Waals surface area contributed by atoms with Crippen LogP contribution in [0.2, 0.25) is 0 Å². The minimum Gasteiger partial charge on any atom is -0.335 e. The molecule has 0 spiro atoms. The van der Waals surface area contributed by atoms with Gasteiger partial charge in [-0.05, 0) is 65.2 Å². The van der Waals surface area contributed by atoms with E-state index in [9.17, 15) is 0 Å². The molecule has 0 saturated carbocycles. The van der Waals surface area contributed by atoms with Gasteiger partial charge >= 0.3 is 51.4 Å². The van der Waals surface area contributed by atoms with Gasteiger partial charge in [-0.2, -0.15) is 6.42 Å². The average Bonchev–Trinajstić information content (AvgIpc) is 2.80. The number of rotatable bonds is 4. The van der Waals surface area contributed by atoms with Gasteiger partial charge in [0.15, 0.2) is 0 Å². The second-order valence-corrected chi connectivity index (χ2v) is 5.74. The zero-order chi connectivity index (χ0) is 11.4. The van der Waals surface area contributed by atoms with Crippen molar-refractivity contribution in [3.05, 3.63) is 6.42 Å². The van der Waals surface area contributed by atoms with Crippen molar-refractivity contribution in [2.45, 2.75) is 45.6 Å². The summed E-state index contributed by atoms with van der Waals surface area (Å²) in [6.07, 6.45) is 8.01. The molecule has 0 amide bonds. The van der Waals surface area contributed by atoms with E-state index in [4.69, 9.17) is 0 Å². The summed E-state index contributed by atoms with van der Waals surface area (Å²) in [6.45, 7) is 11.2. The third-order valence-electron chi connectivity index (χ3n) is 4.27. The molecule has 0 radical (unpaired) electrons. The van der Waals surface area contributed by atoms with E-state index >= 15 is 0 Å². The fraction of sp³-hybridized carbons (Fsp3) is 0.929. The standard InChI is InChI=1S/C14H27N2.K/c1-13(2)16-11-6-14(7-12-16)5-10-15-8-3-4-9-15;/h3,13-14H,4-12H2,1-2H3;/q-1;+1. The summed E-state index contributed by atoms with van der Waals surface area (Å²) in [5.41, 5.74) is 0. The number of likely N-dealkylation sites (tertiary alicyclic amines) is 2. The van der Waals surface area contributed by atoms with Crippen LogP contribution in [0.3, 0.4) is 0 Å². The van der Waals surface area contributed by atoms with Crippen LogP contribution in [-0.4, -0.2) is 48.6 Å². The first-order valence-electron chi connectivity index (χ1n) is 7.04. The minimum absolute atomic E-state index is 0. The third-order valence-corrected chi connectivity index (χ3v) is 4.27. The fourth-order valence-electron chi connectivity index (χ4n) is 2.97. The molecule has 2 saturated heterocycles. The molecule has 2 aliphatic heterocycles. The van der Waals surface area contributed by atoms with E-state index in [1.54, 1.807) is 0 Å². The molecule has 0 atom stereocenters. The van der Waals surface area contributed by atoms with E-state index < -0.39 is 0 Å². The normalized spacial score (nSPS) is 24.2. The van der Waals surface area contributed by atoms with Crippen LogP contribution in [0.5, 0.6) is 0 Å². The molecule has 0 unspecified atom stereocenters. The molecular formula is C14H27KN2. The van der Waals surface area contributed by atoms with E-state index in [0.717, 1.165) is 12.0 Å². The quantitative estimate of drug-likeness (QED) is 0.494. The molecule has 2 aliphatic rings. The van der Waals surface area contributed by atoms with Crippen LogP contribution >= 0.6 is 0 Å². The largest absolute Gasteiger partial charge is 1.00 e. The topological polar surface area (TPSA) is 6.48 Å². The van der Waals surface area contributed by atoms with E-state index in [1.165, 1.54) is 58.4 Å². The zero-order valence-electron chi connectivity index (χ0n) is 12.0. The van der Waals surface area contributed by atoms with Gasteiger partial charge in [0.05, 0.1) is 0 Å². The molecule has 0 aromatic rings.